The third-order valence-corrected chi connectivity index (χ3v) is 3.58. The highest BCUT2D eigenvalue weighted by Crippen LogP contribution is 2.16. The Morgan fingerprint density at radius 1 is 1.44 bits per heavy atom. The van der Waals surface area contributed by atoms with E-state index in [0.717, 1.165) is 30.1 Å². The third-order valence-electron chi connectivity index (χ3n) is 2.58. The molecule has 0 aromatic carbocycles. The summed E-state index contributed by atoms with van der Waals surface area (Å²) in [4.78, 5) is 14.6. The van der Waals surface area contributed by atoms with Crippen LogP contribution in [-0.2, 0) is 4.74 Å². The molecule has 0 bridgehead atoms. The molecule has 0 radical (unpaired) electrons. The molecular weight excluding hydrogens is 222 g/mol. The van der Waals surface area contributed by atoms with E-state index in [2.05, 4.69) is 18.7 Å². The van der Waals surface area contributed by atoms with Gasteiger partial charge in [-0.1, -0.05) is 13.8 Å². The van der Waals surface area contributed by atoms with Crippen molar-refractivity contribution < 1.29 is 9.53 Å². The average molecular weight is 241 g/mol. The minimum absolute atomic E-state index is 0.195. The molecule has 90 valence electrons. The van der Waals surface area contributed by atoms with Gasteiger partial charge >= 0.3 is 5.97 Å². The average Bonchev–Trinajstić information content (AvgIpc) is 2.70. The van der Waals surface area contributed by atoms with Gasteiger partial charge in [0.15, 0.2) is 0 Å². The first kappa shape index (κ1) is 13.2. The van der Waals surface area contributed by atoms with Crippen LogP contribution in [0.2, 0.25) is 0 Å². The van der Waals surface area contributed by atoms with Crippen molar-refractivity contribution in [3.8, 4) is 0 Å². The number of hydrogen-bond donors (Lipinski definition) is 0. The molecule has 0 aliphatic rings. The molecule has 0 saturated heterocycles. The van der Waals surface area contributed by atoms with Crippen molar-refractivity contribution in [2.75, 3.05) is 26.2 Å². The van der Waals surface area contributed by atoms with Gasteiger partial charge in [0.05, 0.1) is 0 Å². The van der Waals surface area contributed by atoms with Crippen molar-refractivity contribution in [3.63, 3.8) is 0 Å². The standard InChI is InChI=1S/C12H19NO2S/c1-4-13(5-2)7-8-15-12(14)11-10(3)6-9-16-11/h6,9H,4-5,7-8H2,1-3H3. The van der Waals surface area contributed by atoms with Gasteiger partial charge in [-0.25, -0.2) is 4.79 Å². The lowest BCUT2D eigenvalue weighted by molar-refractivity contribution is 0.0471. The molecule has 3 nitrogen and oxygen atoms in total. The van der Waals surface area contributed by atoms with Gasteiger partial charge in [-0.2, -0.15) is 0 Å². The SMILES string of the molecule is CCN(CC)CCOC(=O)c1sccc1C. The first-order valence-corrected chi connectivity index (χ1v) is 6.50. The summed E-state index contributed by atoms with van der Waals surface area (Å²) in [5.41, 5.74) is 0.998. The largest absolute Gasteiger partial charge is 0.460 e. The first-order chi connectivity index (χ1) is 7.69. The fraction of sp³-hybridized carbons (Fsp3) is 0.583. The molecule has 0 fully saturated rings. The maximum Gasteiger partial charge on any atom is 0.348 e. The zero-order valence-corrected chi connectivity index (χ0v) is 11.0. The predicted octanol–water partition coefficient (Wildman–Crippen LogP) is 2.56. The summed E-state index contributed by atoms with van der Waals surface area (Å²) in [6, 6.07) is 1.94. The molecule has 0 saturated carbocycles. The van der Waals surface area contributed by atoms with Crippen LogP contribution in [0.3, 0.4) is 0 Å². The lowest BCUT2D eigenvalue weighted by Gasteiger charge is -2.17. The van der Waals surface area contributed by atoms with Gasteiger partial charge in [0.25, 0.3) is 0 Å². The molecule has 0 amide bonds. The lowest BCUT2D eigenvalue weighted by Crippen LogP contribution is -2.27. The normalized spacial score (nSPS) is 10.8. The summed E-state index contributed by atoms with van der Waals surface area (Å²) in [5, 5.41) is 1.91. The van der Waals surface area contributed by atoms with E-state index in [1.54, 1.807) is 0 Å². The maximum atomic E-state index is 11.7. The molecule has 0 unspecified atom stereocenters. The number of aryl methyl sites for hydroxylation is 1. The Morgan fingerprint density at radius 2 is 2.12 bits per heavy atom. The van der Waals surface area contributed by atoms with Crippen LogP contribution in [0.15, 0.2) is 11.4 Å². The van der Waals surface area contributed by atoms with Crippen LogP contribution < -0.4 is 0 Å². The number of esters is 1. The molecule has 1 rings (SSSR count). The van der Waals surface area contributed by atoms with E-state index in [4.69, 9.17) is 4.74 Å². The van der Waals surface area contributed by atoms with Crippen molar-refractivity contribution in [1.82, 2.24) is 4.90 Å². The Labute approximate surface area is 101 Å². The maximum absolute atomic E-state index is 11.7. The molecule has 1 heterocycles. The molecular formula is C12H19NO2S. The van der Waals surface area contributed by atoms with Gasteiger partial charge in [-0.15, -0.1) is 11.3 Å². The van der Waals surface area contributed by atoms with E-state index in [1.807, 2.05) is 18.4 Å². The molecule has 4 heteroatoms. The van der Waals surface area contributed by atoms with Gasteiger partial charge < -0.3 is 9.64 Å². The zero-order chi connectivity index (χ0) is 12.0. The monoisotopic (exact) mass is 241 g/mol. The fourth-order valence-corrected chi connectivity index (χ4v) is 2.27. The molecule has 0 N–H and O–H groups in total. The molecule has 0 atom stereocenters. The van der Waals surface area contributed by atoms with Crippen LogP contribution in [-0.4, -0.2) is 37.1 Å². The van der Waals surface area contributed by atoms with Crippen molar-refractivity contribution in [2.24, 2.45) is 0 Å². The van der Waals surface area contributed by atoms with Gasteiger partial charge in [0, 0.05) is 6.54 Å². The highest BCUT2D eigenvalue weighted by molar-refractivity contribution is 7.12. The Kier molecular flexibility index (Phi) is 5.49. The summed E-state index contributed by atoms with van der Waals surface area (Å²) < 4.78 is 5.23. The fourth-order valence-electron chi connectivity index (χ4n) is 1.45. The van der Waals surface area contributed by atoms with Gasteiger partial charge in [0.1, 0.15) is 11.5 Å². The Hall–Kier alpha value is -0.870. The summed E-state index contributed by atoms with van der Waals surface area (Å²) >= 11 is 1.44. The van der Waals surface area contributed by atoms with Gasteiger partial charge in [0.2, 0.25) is 0 Å². The molecule has 0 spiro atoms. The second-order valence-electron chi connectivity index (χ2n) is 3.60. The number of carbonyl (C=O) groups excluding carboxylic acids is 1. The van der Waals surface area contributed by atoms with Gasteiger partial charge in [-0.3, -0.25) is 0 Å². The Balaban J connectivity index is 2.34. The lowest BCUT2D eigenvalue weighted by atomic mass is 10.3. The van der Waals surface area contributed by atoms with E-state index in [9.17, 15) is 4.79 Å². The van der Waals surface area contributed by atoms with Crippen molar-refractivity contribution in [2.45, 2.75) is 20.8 Å². The minimum atomic E-state index is -0.195. The quantitative estimate of drug-likeness (QED) is 0.717. The second-order valence-corrected chi connectivity index (χ2v) is 4.51. The van der Waals surface area contributed by atoms with Crippen molar-refractivity contribution in [3.05, 3.63) is 21.9 Å². The van der Waals surface area contributed by atoms with Crippen LogP contribution in [0.4, 0.5) is 0 Å². The van der Waals surface area contributed by atoms with E-state index >= 15 is 0 Å². The number of nitrogens with zero attached hydrogens (tertiary/aromatic N) is 1. The van der Waals surface area contributed by atoms with Crippen molar-refractivity contribution >= 4 is 17.3 Å². The Morgan fingerprint density at radius 3 is 2.62 bits per heavy atom. The highest BCUT2D eigenvalue weighted by atomic mass is 32.1. The summed E-state index contributed by atoms with van der Waals surface area (Å²) in [7, 11) is 0. The summed E-state index contributed by atoms with van der Waals surface area (Å²) in [6.07, 6.45) is 0. The number of ether oxygens (including phenoxy) is 1. The van der Waals surface area contributed by atoms with E-state index in [-0.39, 0.29) is 5.97 Å². The van der Waals surface area contributed by atoms with Crippen LogP contribution in [0.25, 0.3) is 0 Å². The number of hydrogen-bond acceptors (Lipinski definition) is 4. The number of thiophene rings is 1. The van der Waals surface area contributed by atoms with Gasteiger partial charge in [-0.05, 0) is 37.0 Å². The van der Waals surface area contributed by atoms with Crippen LogP contribution >= 0.6 is 11.3 Å². The Bertz CT molecular complexity index is 332. The molecule has 0 aliphatic heterocycles. The smallest absolute Gasteiger partial charge is 0.348 e. The third kappa shape index (κ3) is 3.61. The number of carbonyl (C=O) groups is 1. The molecule has 1 aromatic rings. The predicted molar refractivity (Wildman–Crippen MR) is 67.1 cm³/mol. The summed E-state index contributed by atoms with van der Waals surface area (Å²) in [6.45, 7) is 9.40. The van der Waals surface area contributed by atoms with Crippen molar-refractivity contribution in [1.29, 1.82) is 0 Å². The van der Waals surface area contributed by atoms with Crippen LogP contribution in [0, 0.1) is 6.92 Å². The minimum Gasteiger partial charge on any atom is -0.460 e. The second kappa shape index (κ2) is 6.66. The zero-order valence-electron chi connectivity index (χ0n) is 10.2. The summed E-state index contributed by atoms with van der Waals surface area (Å²) in [5.74, 6) is -0.195. The van der Waals surface area contributed by atoms with E-state index < -0.39 is 0 Å². The topological polar surface area (TPSA) is 29.5 Å². The highest BCUT2D eigenvalue weighted by Gasteiger charge is 2.11. The van der Waals surface area contributed by atoms with Crippen LogP contribution in [0.1, 0.15) is 29.1 Å². The molecule has 1 aromatic heterocycles. The molecule has 0 aliphatic carbocycles. The molecule has 16 heavy (non-hydrogen) atoms. The number of rotatable bonds is 6. The van der Waals surface area contributed by atoms with Crippen LogP contribution in [0.5, 0.6) is 0 Å². The van der Waals surface area contributed by atoms with E-state index in [1.165, 1.54) is 11.3 Å². The number of likely N-dealkylation sites (N-methyl/N-ethyl adjacent to an activating group) is 1. The van der Waals surface area contributed by atoms with E-state index in [0.29, 0.717) is 6.61 Å². The first-order valence-electron chi connectivity index (χ1n) is 5.62.